The Hall–Kier alpha value is -1.99. The van der Waals surface area contributed by atoms with Gasteiger partial charge in [0, 0.05) is 17.6 Å². The SMILES string of the molecule is Cc1ccc(NC(=O)c2sc3ncnc(N4CCC(C)CC4)c3c2C)c(Br)c1. The van der Waals surface area contributed by atoms with Crippen LogP contribution in [0.2, 0.25) is 0 Å². The van der Waals surface area contributed by atoms with Crippen LogP contribution in [-0.4, -0.2) is 29.0 Å². The number of benzene rings is 1. The van der Waals surface area contributed by atoms with Crippen LogP contribution in [0.3, 0.4) is 0 Å². The van der Waals surface area contributed by atoms with Crippen molar-refractivity contribution in [2.75, 3.05) is 23.3 Å². The summed E-state index contributed by atoms with van der Waals surface area (Å²) in [5, 5.41) is 4.03. The summed E-state index contributed by atoms with van der Waals surface area (Å²) in [6.07, 6.45) is 3.96. The maximum Gasteiger partial charge on any atom is 0.266 e. The molecule has 1 N–H and O–H groups in total. The average molecular weight is 459 g/mol. The highest BCUT2D eigenvalue weighted by atomic mass is 79.9. The predicted molar refractivity (Wildman–Crippen MR) is 120 cm³/mol. The first kappa shape index (κ1) is 19.3. The number of hydrogen-bond acceptors (Lipinski definition) is 5. The normalized spacial score (nSPS) is 15.2. The van der Waals surface area contributed by atoms with Crippen molar-refractivity contribution in [1.29, 1.82) is 0 Å². The van der Waals surface area contributed by atoms with Crippen LogP contribution < -0.4 is 10.2 Å². The number of amides is 1. The Kier molecular flexibility index (Phi) is 5.38. The second kappa shape index (κ2) is 7.79. The first-order valence-electron chi connectivity index (χ1n) is 9.50. The van der Waals surface area contributed by atoms with Gasteiger partial charge in [-0.3, -0.25) is 4.79 Å². The fourth-order valence-corrected chi connectivity index (χ4v) is 5.26. The first-order chi connectivity index (χ1) is 13.4. The summed E-state index contributed by atoms with van der Waals surface area (Å²) >= 11 is 4.96. The number of thiophene rings is 1. The molecule has 1 amide bonds. The van der Waals surface area contributed by atoms with E-state index in [1.807, 2.05) is 32.0 Å². The molecule has 3 aromatic rings. The van der Waals surface area contributed by atoms with Crippen LogP contribution in [0.1, 0.15) is 40.6 Å². The third-order valence-corrected chi connectivity index (χ3v) is 7.22. The maximum absolute atomic E-state index is 13.0. The Morgan fingerprint density at radius 1 is 1.25 bits per heavy atom. The number of carbonyl (C=O) groups excluding carboxylic acids is 1. The van der Waals surface area contributed by atoms with Gasteiger partial charge in [0.15, 0.2) is 0 Å². The highest BCUT2D eigenvalue weighted by Gasteiger charge is 2.24. The smallest absolute Gasteiger partial charge is 0.266 e. The van der Waals surface area contributed by atoms with E-state index in [4.69, 9.17) is 0 Å². The summed E-state index contributed by atoms with van der Waals surface area (Å²) in [5.41, 5.74) is 2.86. The summed E-state index contributed by atoms with van der Waals surface area (Å²) in [7, 11) is 0. The van der Waals surface area contributed by atoms with E-state index in [-0.39, 0.29) is 5.91 Å². The van der Waals surface area contributed by atoms with Gasteiger partial charge in [0.25, 0.3) is 5.91 Å². The van der Waals surface area contributed by atoms with E-state index in [1.54, 1.807) is 6.33 Å². The summed E-state index contributed by atoms with van der Waals surface area (Å²) in [6.45, 7) is 8.32. The molecule has 146 valence electrons. The number of fused-ring (bicyclic) bond motifs is 1. The molecule has 28 heavy (non-hydrogen) atoms. The molecule has 0 unspecified atom stereocenters. The van der Waals surface area contributed by atoms with Gasteiger partial charge in [0.1, 0.15) is 17.0 Å². The van der Waals surface area contributed by atoms with Gasteiger partial charge in [-0.15, -0.1) is 11.3 Å². The Morgan fingerprint density at radius 3 is 2.71 bits per heavy atom. The molecule has 0 aliphatic carbocycles. The molecule has 3 heterocycles. The number of nitrogens with one attached hydrogen (secondary N) is 1. The quantitative estimate of drug-likeness (QED) is 0.557. The van der Waals surface area contributed by atoms with Crippen LogP contribution in [0, 0.1) is 19.8 Å². The van der Waals surface area contributed by atoms with Gasteiger partial charge in [-0.1, -0.05) is 13.0 Å². The standard InChI is InChI=1S/C21H23BrN4OS/c1-12-6-8-26(9-7-12)19-17-14(3)18(28-21(17)24-11-23-19)20(27)25-16-5-4-13(2)10-15(16)22/h4-5,10-12H,6-9H2,1-3H3,(H,25,27). The number of hydrogen-bond donors (Lipinski definition) is 1. The maximum atomic E-state index is 13.0. The molecule has 2 aromatic heterocycles. The number of anilines is 2. The molecule has 4 rings (SSSR count). The van der Waals surface area contributed by atoms with Gasteiger partial charge in [0.05, 0.1) is 16.0 Å². The lowest BCUT2D eigenvalue weighted by Crippen LogP contribution is -2.33. The Labute approximate surface area is 177 Å². The van der Waals surface area contributed by atoms with Crippen molar-refractivity contribution in [3.05, 3.63) is 45.0 Å². The van der Waals surface area contributed by atoms with Crippen LogP contribution >= 0.6 is 27.3 Å². The molecule has 0 atom stereocenters. The van der Waals surface area contributed by atoms with Gasteiger partial charge < -0.3 is 10.2 Å². The molecule has 1 saturated heterocycles. The van der Waals surface area contributed by atoms with Gasteiger partial charge in [-0.2, -0.15) is 0 Å². The zero-order chi connectivity index (χ0) is 19.8. The van der Waals surface area contributed by atoms with Crippen molar-refractivity contribution in [3.63, 3.8) is 0 Å². The van der Waals surface area contributed by atoms with Crippen molar-refractivity contribution in [2.24, 2.45) is 5.92 Å². The third-order valence-electron chi connectivity index (χ3n) is 5.37. The molecule has 1 fully saturated rings. The Morgan fingerprint density at radius 2 is 2.00 bits per heavy atom. The number of halogens is 1. The Bertz CT molecular complexity index is 1040. The molecule has 0 saturated carbocycles. The van der Waals surface area contributed by atoms with Crippen LogP contribution in [-0.2, 0) is 0 Å². The number of carbonyl (C=O) groups is 1. The highest BCUT2D eigenvalue weighted by molar-refractivity contribution is 9.10. The molecule has 1 aliphatic heterocycles. The minimum atomic E-state index is -0.108. The fourth-order valence-electron chi connectivity index (χ4n) is 3.63. The van der Waals surface area contributed by atoms with E-state index >= 15 is 0 Å². The monoisotopic (exact) mass is 458 g/mol. The molecular formula is C21H23BrN4OS. The number of rotatable bonds is 3. The summed E-state index contributed by atoms with van der Waals surface area (Å²) in [5.74, 6) is 1.61. The summed E-state index contributed by atoms with van der Waals surface area (Å²) in [4.78, 5) is 25.9. The predicted octanol–water partition coefficient (Wildman–Crippen LogP) is 5.56. The van der Waals surface area contributed by atoms with Gasteiger partial charge in [-0.25, -0.2) is 9.97 Å². The molecule has 5 nitrogen and oxygen atoms in total. The minimum Gasteiger partial charge on any atom is -0.356 e. The number of aromatic nitrogens is 2. The molecule has 0 radical (unpaired) electrons. The molecule has 1 aliphatic rings. The molecule has 1 aromatic carbocycles. The molecule has 0 bridgehead atoms. The highest BCUT2D eigenvalue weighted by Crippen LogP contribution is 2.36. The van der Waals surface area contributed by atoms with E-state index in [9.17, 15) is 4.79 Å². The van der Waals surface area contributed by atoms with Crippen molar-refractivity contribution < 1.29 is 4.79 Å². The van der Waals surface area contributed by atoms with Gasteiger partial charge in [-0.05, 0) is 71.8 Å². The van der Waals surface area contributed by atoms with Gasteiger partial charge in [0.2, 0.25) is 0 Å². The second-order valence-electron chi connectivity index (χ2n) is 7.54. The fraction of sp³-hybridized carbons (Fsp3) is 0.381. The zero-order valence-electron chi connectivity index (χ0n) is 16.3. The molecular weight excluding hydrogens is 436 g/mol. The van der Waals surface area contributed by atoms with E-state index < -0.39 is 0 Å². The molecule has 7 heteroatoms. The van der Waals surface area contributed by atoms with E-state index in [0.29, 0.717) is 4.88 Å². The van der Waals surface area contributed by atoms with Crippen molar-refractivity contribution >= 4 is 54.9 Å². The summed E-state index contributed by atoms with van der Waals surface area (Å²) < 4.78 is 0.877. The minimum absolute atomic E-state index is 0.108. The second-order valence-corrected chi connectivity index (χ2v) is 9.39. The lowest BCUT2D eigenvalue weighted by Gasteiger charge is -2.31. The Balaban J connectivity index is 1.68. The first-order valence-corrected chi connectivity index (χ1v) is 11.1. The van der Waals surface area contributed by atoms with Crippen molar-refractivity contribution in [2.45, 2.75) is 33.6 Å². The van der Waals surface area contributed by atoms with E-state index in [0.717, 1.165) is 56.3 Å². The van der Waals surface area contributed by atoms with Gasteiger partial charge >= 0.3 is 0 Å². The number of aryl methyl sites for hydroxylation is 2. The van der Waals surface area contributed by atoms with Crippen LogP contribution in [0.5, 0.6) is 0 Å². The largest absolute Gasteiger partial charge is 0.356 e. The van der Waals surface area contributed by atoms with Crippen LogP contribution in [0.25, 0.3) is 10.2 Å². The van der Waals surface area contributed by atoms with E-state index in [2.05, 4.69) is 43.0 Å². The number of piperidine rings is 1. The zero-order valence-corrected chi connectivity index (χ0v) is 18.7. The molecule has 0 spiro atoms. The van der Waals surface area contributed by atoms with E-state index in [1.165, 1.54) is 24.2 Å². The lowest BCUT2D eigenvalue weighted by molar-refractivity contribution is 0.103. The van der Waals surface area contributed by atoms with Crippen molar-refractivity contribution in [3.8, 4) is 0 Å². The van der Waals surface area contributed by atoms with Crippen molar-refractivity contribution in [1.82, 2.24) is 9.97 Å². The average Bonchev–Trinajstić information content (AvgIpc) is 3.02. The topological polar surface area (TPSA) is 58.1 Å². The third kappa shape index (κ3) is 3.65. The van der Waals surface area contributed by atoms with Crippen LogP contribution in [0.15, 0.2) is 29.0 Å². The number of nitrogens with zero attached hydrogens (tertiary/aromatic N) is 3. The van der Waals surface area contributed by atoms with Crippen LogP contribution in [0.4, 0.5) is 11.5 Å². The lowest BCUT2D eigenvalue weighted by atomic mass is 9.99. The summed E-state index contributed by atoms with van der Waals surface area (Å²) in [6, 6.07) is 5.90.